The zero-order valence-electron chi connectivity index (χ0n) is 11.3. The quantitative estimate of drug-likeness (QED) is 0.744. The zero-order chi connectivity index (χ0) is 15.7. The van der Waals surface area contributed by atoms with Gasteiger partial charge >= 0.3 is 0 Å². The Morgan fingerprint density at radius 3 is 2.64 bits per heavy atom. The third-order valence-corrected chi connectivity index (χ3v) is 5.39. The van der Waals surface area contributed by atoms with E-state index in [-0.39, 0.29) is 16.5 Å². The van der Waals surface area contributed by atoms with Gasteiger partial charge in [-0.3, -0.25) is 0 Å². The van der Waals surface area contributed by atoms with Crippen LogP contribution in [0.25, 0.3) is 10.9 Å². The number of benzene rings is 2. The minimum Gasteiger partial charge on any atom is -0.361 e. The van der Waals surface area contributed by atoms with E-state index >= 15 is 0 Å². The van der Waals surface area contributed by atoms with Gasteiger partial charge in [-0.05, 0) is 41.3 Å². The summed E-state index contributed by atoms with van der Waals surface area (Å²) in [5, 5.41) is 1.56. The van der Waals surface area contributed by atoms with Gasteiger partial charge in [-0.25, -0.2) is 13.1 Å². The summed E-state index contributed by atoms with van der Waals surface area (Å²) < 4.78 is 27.1. The average Bonchev–Trinajstić information content (AvgIpc) is 2.92. The van der Waals surface area contributed by atoms with Crippen LogP contribution in [0.3, 0.4) is 0 Å². The SMILES string of the molecule is O=S(=O)(NCc1ccc2cc[nH]c2c1)c1ccc(Cl)cc1Cl. The van der Waals surface area contributed by atoms with Crippen molar-refractivity contribution < 1.29 is 8.42 Å². The van der Waals surface area contributed by atoms with Crippen LogP contribution >= 0.6 is 23.2 Å². The summed E-state index contributed by atoms with van der Waals surface area (Å²) in [5.41, 5.74) is 1.81. The molecule has 0 spiro atoms. The molecule has 2 N–H and O–H groups in total. The zero-order valence-corrected chi connectivity index (χ0v) is 13.6. The third-order valence-electron chi connectivity index (χ3n) is 3.27. The van der Waals surface area contributed by atoms with E-state index in [2.05, 4.69) is 9.71 Å². The molecular formula is C15H12Cl2N2O2S. The highest BCUT2D eigenvalue weighted by Crippen LogP contribution is 2.25. The summed E-state index contributed by atoms with van der Waals surface area (Å²) in [7, 11) is -3.70. The average molecular weight is 355 g/mol. The summed E-state index contributed by atoms with van der Waals surface area (Å²) in [5.74, 6) is 0. The Kier molecular flexibility index (Phi) is 4.14. The van der Waals surface area contributed by atoms with Gasteiger partial charge in [-0.2, -0.15) is 0 Å². The highest BCUT2D eigenvalue weighted by atomic mass is 35.5. The van der Waals surface area contributed by atoms with Crippen molar-refractivity contribution in [2.45, 2.75) is 11.4 Å². The first-order valence-corrected chi connectivity index (χ1v) is 8.70. The fraction of sp³-hybridized carbons (Fsp3) is 0.0667. The van der Waals surface area contributed by atoms with E-state index in [1.807, 2.05) is 30.5 Å². The number of hydrogen-bond acceptors (Lipinski definition) is 2. The fourth-order valence-corrected chi connectivity index (χ4v) is 3.94. The van der Waals surface area contributed by atoms with Gasteiger partial charge in [0.2, 0.25) is 10.0 Å². The molecule has 0 unspecified atom stereocenters. The molecule has 1 heterocycles. The highest BCUT2D eigenvalue weighted by molar-refractivity contribution is 7.89. The molecular weight excluding hydrogens is 343 g/mol. The molecule has 1 aromatic heterocycles. The lowest BCUT2D eigenvalue weighted by Crippen LogP contribution is -2.23. The van der Waals surface area contributed by atoms with Crippen LogP contribution in [0.1, 0.15) is 5.56 Å². The van der Waals surface area contributed by atoms with Crippen LogP contribution < -0.4 is 4.72 Å². The number of aromatic nitrogens is 1. The van der Waals surface area contributed by atoms with Gasteiger partial charge in [-0.1, -0.05) is 35.3 Å². The van der Waals surface area contributed by atoms with E-state index in [0.717, 1.165) is 16.5 Å². The van der Waals surface area contributed by atoms with Crippen LogP contribution in [-0.4, -0.2) is 13.4 Å². The number of aromatic amines is 1. The van der Waals surface area contributed by atoms with E-state index in [1.165, 1.54) is 18.2 Å². The lowest BCUT2D eigenvalue weighted by atomic mass is 10.2. The maximum absolute atomic E-state index is 12.3. The number of hydrogen-bond donors (Lipinski definition) is 2. The summed E-state index contributed by atoms with van der Waals surface area (Å²) in [4.78, 5) is 3.10. The summed E-state index contributed by atoms with van der Waals surface area (Å²) in [6.07, 6.45) is 1.84. The predicted octanol–water partition coefficient (Wildman–Crippen LogP) is 3.95. The molecule has 0 radical (unpaired) electrons. The molecule has 0 aliphatic rings. The molecule has 0 fully saturated rings. The molecule has 0 aliphatic carbocycles. The van der Waals surface area contributed by atoms with Crippen LogP contribution in [0.5, 0.6) is 0 Å². The number of sulfonamides is 1. The van der Waals surface area contributed by atoms with Gasteiger partial charge in [0.05, 0.1) is 5.02 Å². The number of halogens is 2. The minimum absolute atomic E-state index is 0.0134. The molecule has 0 amide bonds. The Morgan fingerprint density at radius 2 is 1.86 bits per heavy atom. The molecule has 0 atom stereocenters. The normalized spacial score (nSPS) is 11.9. The molecule has 0 bridgehead atoms. The van der Waals surface area contributed by atoms with Crippen molar-refractivity contribution in [3.63, 3.8) is 0 Å². The number of rotatable bonds is 4. The maximum Gasteiger partial charge on any atom is 0.242 e. The second kappa shape index (κ2) is 5.93. The van der Waals surface area contributed by atoms with E-state index in [0.29, 0.717) is 5.02 Å². The topological polar surface area (TPSA) is 62.0 Å². The first-order chi connectivity index (χ1) is 10.5. The van der Waals surface area contributed by atoms with Crippen molar-refractivity contribution in [3.05, 3.63) is 64.3 Å². The Morgan fingerprint density at radius 1 is 1.05 bits per heavy atom. The first-order valence-electron chi connectivity index (χ1n) is 6.46. The molecule has 0 saturated heterocycles. The molecule has 114 valence electrons. The Balaban J connectivity index is 1.82. The van der Waals surface area contributed by atoms with Crippen LogP contribution in [0.2, 0.25) is 10.0 Å². The Labute approximate surface area is 138 Å². The number of H-pyrrole nitrogens is 1. The smallest absolute Gasteiger partial charge is 0.242 e. The van der Waals surface area contributed by atoms with Gasteiger partial charge < -0.3 is 4.98 Å². The summed E-state index contributed by atoms with van der Waals surface area (Å²) >= 11 is 11.7. The summed E-state index contributed by atoms with van der Waals surface area (Å²) in [6.45, 7) is 0.177. The Bertz CT molecular complexity index is 936. The second-order valence-corrected chi connectivity index (χ2v) is 7.38. The van der Waals surface area contributed by atoms with E-state index < -0.39 is 10.0 Å². The van der Waals surface area contributed by atoms with Crippen LogP contribution in [0.4, 0.5) is 0 Å². The van der Waals surface area contributed by atoms with Gasteiger partial charge in [0.1, 0.15) is 4.90 Å². The van der Waals surface area contributed by atoms with Crippen molar-refractivity contribution >= 4 is 44.1 Å². The molecule has 3 rings (SSSR count). The second-order valence-electron chi connectivity index (χ2n) is 4.80. The number of nitrogens with one attached hydrogen (secondary N) is 2. The maximum atomic E-state index is 12.3. The highest BCUT2D eigenvalue weighted by Gasteiger charge is 2.17. The molecule has 0 saturated carbocycles. The van der Waals surface area contributed by atoms with Gasteiger partial charge in [0.15, 0.2) is 0 Å². The van der Waals surface area contributed by atoms with Crippen molar-refractivity contribution in [1.29, 1.82) is 0 Å². The van der Waals surface area contributed by atoms with Crippen LogP contribution in [0.15, 0.2) is 53.6 Å². The van der Waals surface area contributed by atoms with Gasteiger partial charge in [0.25, 0.3) is 0 Å². The molecule has 4 nitrogen and oxygen atoms in total. The van der Waals surface area contributed by atoms with E-state index in [1.54, 1.807) is 0 Å². The van der Waals surface area contributed by atoms with E-state index in [9.17, 15) is 8.42 Å². The van der Waals surface area contributed by atoms with Crippen LogP contribution in [-0.2, 0) is 16.6 Å². The van der Waals surface area contributed by atoms with Crippen molar-refractivity contribution in [3.8, 4) is 0 Å². The summed E-state index contributed by atoms with van der Waals surface area (Å²) in [6, 6.07) is 12.0. The van der Waals surface area contributed by atoms with Crippen molar-refractivity contribution in [2.75, 3.05) is 0 Å². The largest absolute Gasteiger partial charge is 0.361 e. The van der Waals surface area contributed by atoms with Gasteiger partial charge in [-0.15, -0.1) is 0 Å². The first kappa shape index (κ1) is 15.4. The molecule has 0 aliphatic heterocycles. The molecule has 2 aromatic carbocycles. The van der Waals surface area contributed by atoms with Crippen molar-refractivity contribution in [1.82, 2.24) is 9.71 Å². The third kappa shape index (κ3) is 3.13. The predicted molar refractivity (Wildman–Crippen MR) is 88.8 cm³/mol. The fourth-order valence-electron chi connectivity index (χ4n) is 2.15. The molecule has 22 heavy (non-hydrogen) atoms. The Hall–Kier alpha value is -1.53. The lowest BCUT2D eigenvalue weighted by Gasteiger charge is -2.09. The minimum atomic E-state index is -3.70. The molecule has 3 aromatic rings. The van der Waals surface area contributed by atoms with Crippen molar-refractivity contribution in [2.24, 2.45) is 0 Å². The van der Waals surface area contributed by atoms with E-state index in [4.69, 9.17) is 23.2 Å². The number of fused-ring (bicyclic) bond motifs is 1. The standard InChI is InChI=1S/C15H12Cl2N2O2S/c16-12-3-4-15(13(17)8-12)22(20,21)19-9-10-1-2-11-5-6-18-14(11)7-10/h1-8,18-19H,9H2. The van der Waals surface area contributed by atoms with Gasteiger partial charge in [0, 0.05) is 23.3 Å². The monoisotopic (exact) mass is 354 g/mol. The lowest BCUT2D eigenvalue weighted by molar-refractivity contribution is 0.581. The molecule has 7 heteroatoms. The van der Waals surface area contributed by atoms with Crippen LogP contribution in [0, 0.1) is 0 Å².